The van der Waals surface area contributed by atoms with Crippen LogP contribution in [0.5, 0.6) is 0 Å². The van der Waals surface area contributed by atoms with Crippen molar-refractivity contribution in [2.45, 2.75) is 18.3 Å². The molecule has 3 N–H and O–H groups in total. The molecule has 4 heterocycles. The molecule has 0 saturated carbocycles. The standard InChI is InChI=1S/C22H25N7/c1-28-13-17(12-27-28)16-3-2-4-18(11-16)22(14-23)6-9-29(10-7-22)21-19-5-8-24-20(19)25-15-26-21/h2-5,8,11-13,15H,6-7,9-10,14,23H2,1H3,(H,24,25,26). The van der Waals surface area contributed by atoms with Crippen LogP contribution in [0.25, 0.3) is 22.2 Å². The van der Waals surface area contributed by atoms with Gasteiger partial charge in [0, 0.05) is 50.1 Å². The Morgan fingerprint density at radius 2 is 2.00 bits per heavy atom. The number of H-pyrrole nitrogens is 1. The Kier molecular flexibility index (Phi) is 4.32. The lowest BCUT2D eigenvalue weighted by Crippen LogP contribution is -2.47. The first-order valence-corrected chi connectivity index (χ1v) is 10.0. The molecule has 0 spiro atoms. The highest BCUT2D eigenvalue weighted by Crippen LogP contribution is 2.38. The summed E-state index contributed by atoms with van der Waals surface area (Å²) >= 11 is 0. The second kappa shape index (κ2) is 7.00. The Hall–Kier alpha value is -3.19. The summed E-state index contributed by atoms with van der Waals surface area (Å²) in [6, 6.07) is 10.8. The summed E-state index contributed by atoms with van der Waals surface area (Å²) in [6.07, 6.45) is 9.51. The zero-order chi connectivity index (χ0) is 19.8. The lowest BCUT2D eigenvalue weighted by molar-refractivity contribution is 0.339. The van der Waals surface area contributed by atoms with Crippen molar-refractivity contribution in [3.05, 3.63) is 60.8 Å². The Morgan fingerprint density at radius 3 is 2.76 bits per heavy atom. The van der Waals surface area contributed by atoms with Crippen LogP contribution in [0.4, 0.5) is 5.82 Å². The summed E-state index contributed by atoms with van der Waals surface area (Å²) in [5.74, 6) is 1.01. The number of rotatable bonds is 4. The first-order valence-electron chi connectivity index (χ1n) is 10.0. The Morgan fingerprint density at radius 1 is 1.14 bits per heavy atom. The van der Waals surface area contributed by atoms with Gasteiger partial charge in [0.1, 0.15) is 17.8 Å². The van der Waals surface area contributed by atoms with Crippen molar-refractivity contribution in [1.82, 2.24) is 24.7 Å². The number of piperidine rings is 1. The molecule has 1 aliphatic rings. The van der Waals surface area contributed by atoms with E-state index in [0.29, 0.717) is 6.54 Å². The summed E-state index contributed by atoms with van der Waals surface area (Å²) in [6.45, 7) is 2.48. The van der Waals surface area contributed by atoms with Crippen molar-refractivity contribution >= 4 is 16.9 Å². The predicted molar refractivity (Wildman–Crippen MR) is 115 cm³/mol. The average molecular weight is 387 g/mol. The van der Waals surface area contributed by atoms with E-state index in [4.69, 9.17) is 5.73 Å². The van der Waals surface area contributed by atoms with Crippen LogP contribution < -0.4 is 10.6 Å². The van der Waals surface area contributed by atoms with E-state index in [-0.39, 0.29) is 5.41 Å². The Balaban J connectivity index is 1.42. The van der Waals surface area contributed by atoms with Gasteiger partial charge in [-0.3, -0.25) is 4.68 Å². The lowest BCUT2D eigenvalue weighted by atomic mass is 9.72. The molecule has 148 valence electrons. The summed E-state index contributed by atoms with van der Waals surface area (Å²) in [5.41, 5.74) is 10.9. The summed E-state index contributed by atoms with van der Waals surface area (Å²) < 4.78 is 1.84. The molecule has 7 nitrogen and oxygen atoms in total. The quantitative estimate of drug-likeness (QED) is 0.562. The van der Waals surface area contributed by atoms with Gasteiger partial charge in [0.2, 0.25) is 0 Å². The van der Waals surface area contributed by atoms with Crippen LogP contribution in [-0.2, 0) is 12.5 Å². The van der Waals surface area contributed by atoms with Gasteiger partial charge in [-0.15, -0.1) is 0 Å². The average Bonchev–Trinajstić information content (AvgIpc) is 3.43. The van der Waals surface area contributed by atoms with Crippen LogP contribution in [0.2, 0.25) is 0 Å². The summed E-state index contributed by atoms with van der Waals surface area (Å²) in [4.78, 5) is 14.4. The fourth-order valence-corrected chi connectivity index (χ4v) is 4.47. The SMILES string of the molecule is Cn1cc(-c2cccc(C3(CN)CCN(c4ncnc5[nH]ccc45)CC3)c2)cn1. The Labute approximate surface area is 169 Å². The van der Waals surface area contributed by atoms with Crippen LogP contribution >= 0.6 is 0 Å². The van der Waals surface area contributed by atoms with E-state index in [1.165, 1.54) is 11.1 Å². The van der Waals surface area contributed by atoms with Gasteiger partial charge >= 0.3 is 0 Å². The molecule has 1 fully saturated rings. The monoisotopic (exact) mass is 387 g/mol. The number of nitrogens with two attached hydrogens (primary N) is 1. The minimum absolute atomic E-state index is 0.0149. The van der Waals surface area contributed by atoms with Crippen LogP contribution in [0, 0.1) is 0 Å². The zero-order valence-corrected chi connectivity index (χ0v) is 16.5. The predicted octanol–water partition coefficient (Wildman–Crippen LogP) is 2.86. The maximum atomic E-state index is 6.36. The summed E-state index contributed by atoms with van der Waals surface area (Å²) in [5, 5.41) is 5.38. The van der Waals surface area contributed by atoms with Crippen LogP contribution in [0.1, 0.15) is 18.4 Å². The first kappa shape index (κ1) is 17.9. The fraction of sp³-hybridized carbons (Fsp3) is 0.318. The lowest BCUT2D eigenvalue weighted by Gasteiger charge is -2.42. The minimum atomic E-state index is -0.0149. The molecular weight excluding hydrogens is 362 g/mol. The van der Waals surface area contributed by atoms with E-state index in [1.807, 2.05) is 36.4 Å². The van der Waals surface area contributed by atoms with Gasteiger partial charge < -0.3 is 15.6 Å². The van der Waals surface area contributed by atoms with Crippen molar-refractivity contribution in [3.8, 4) is 11.1 Å². The van der Waals surface area contributed by atoms with Gasteiger partial charge in [0.05, 0.1) is 11.6 Å². The summed E-state index contributed by atoms with van der Waals surface area (Å²) in [7, 11) is 1.94. The number of aryl methyl sites for hydroxylation is 1. The van der Waals surface area contributed by atoms with E-state index >= 15 is 0 Å². The third-order valence-electron chi connectivity index (χ3n) is 6.26. The second-order valence-corrected chi connectivity index (χ2v) is 7.89. The van der Waals surface area contributed by atoms with Gasteiger partial charge in [-0.2, -0.15) is 5.10 Å². The van der Waals surface area contributed by atoms with Gasteiger partial charge in [-0.1, -0.05) is 24.3 Å². The molecule has 0 aliphatic carbocycles. The number of nitrogens with one attached hydrogen (secondary N) is 1. The van der Waals surface area contributed by atoms with Crippen molar-refractivity contribution in [3.63, 3.8) is 0 Å². The van der Waals surface area contributed by atoms with Gasteiger partial charge in [0.25, 0.3) is 0 Å². The molecular formula is C22H25N7. The topological polar surface area (TPSA) is 88.6 Å². The third kappa shape index (κ3) is 3.07. The van der Waals surface area contributed by atoms with Crippen LogP contribution in [0.15, 0.2) is 55.2 Å². The number of aromatic amines is 1. The van der Waals surface area contributed by atoms with Crippen molar-refractivity contribution < 1.29 is 0 Å². The van der Waals surface area contributed by atoms with E-state index in [1.54, 1.807) is 6.33 Å². The molecule has 7 heteroatoms. The van der Waals surface area contributed by atoms with Crippen molar-refractivity contribution in [2.75, 3.05) is 24.5 Å². The smallest absolute Gasteiger partial charge is 0.142 e. The van der Waals surface area contributed by atoms with Gasteiger partial charge in [-0.25, -0.2) is 9.97 Å². The molecule has 3 aromatic heterocycles. The number of fused-ring (bicyclic) bond motifs is 1. The molecule has 0 bridgehead atoms. The second-order valence-electron chi connectivity index (χ2n) is 7.89. The van der Waals surface area contributed by atoms with Crippen LogP contribution in [0.3, 0.4) is 0 Å². The molecule has 1 aliphatic heterocycles. The normalized spacial score (nSPS) is 16.4. The maximum Gasteiger partial charge on any atom is 0.142 e. The Bertz CT molecular complexity index is 1130. The molecule has 1 aromatic carbocycles. The van der Waals surface area contributed by atoms with Crippen molar-refractivity contribution in [2.24, 2.45) is 12.8 Å². The first-order chi connectivity index (χ1) is 14.2. The van der Waals surface area contributed by atoms with Gasteiger partial charge in [-0.05, 0) is 30.0 Å². The van der Waals surface area contributed by atoms with Gasteiger partial charge in [0.15, 0.2) is 0 Å². The van der Waals surface area contributed by atoms with E-state index in [0.717, 1.165) is 48.3 Å². The maximum absolute atomic E-state index is 6.36. The molecule has 29 heavy (non-hydrogen) atoms. The molecule has 0 unspecified atom stereocenters. The molecule has 5 rings (SSSR count). The molecule has 4 aromatic rings. The number of aromatic nitrogens is 5. The number of hydrogen-bond acceptors (Lipinski definition) is 5. The number of nitrogens with zero attached hydrogens (tertiary/aromatic N) is 5. The number of hydrogen-bond donors (Lipinski definition) is 2. The molecule has 0 amide bonds. The van der Waals surface area contributed by atoms with E-state index in [9.17, 15) is 0 Å². The fourth-order valence-electron chi connectivity index (χ4n) is 4.47. The molecule has 0 atom stereocenters. The van der Waals surface area contributed by atoms with E-state index in [2.05, 4.69) is 49.2 Å². The highest BCUT2D eigenvalue weighted by molar-refractivity contribution is 5.87. The van der Waals surface area contributed by atoms with Crippen molar-refractivity contribution in [1.29, 1.82) is 0 Å². The third-order valence-corrected chi connectivity index (χ3v) is 6.26. The van der Waals surface area contributed by atoms with Crippen LogP contribution in [-0.4, -0.2) is 44.4 Å². The molecule has 1 saturated heterocycles. The zero-order valence-electron chi connectivity index (χ0n) is 16.5. The highest BCUT2D eigenvalue weighted by atomic mass is 15.2. The minimum Gasteiger partial charge on any atom is -0.356 e. The largest absolute Gasteiger partial charge is 0.356 e. The number of benzene rings is 1. The number of anilines is 1. The van der Waals surface area contributed by atoms with E-state index < -0.39 is 0 Å². The molecule has 0 radical (unpaired) electrons. The highest BCUT2D eigenvalue weighted by Gasteiger charge is 2.36.